The highest BCUT2D eigenvalue weighted by Crippen LogP contribution is 2.29. The lowest BCUT2D eigenvalue weighted by molar-refractivity contribution is -0.128. The molecule has 1 aliphatic rings. The number of oxazole rings is 1. The Morgan fingerprint density at radius 3 is 2.79 bits per heavy atom. The van der Waals surface area contributed by atoms with Gasteiger partial charge in [0.05, 0.1) is 23.7 Å². The van der Waals surface area contributed by atoms with Crippen LogP contribution in [0.25, 0.3) is 11.5 Å². The maximum Gasteiger partial charge on any atom is 0.274 e. The lowest BCUT2D eigenvalue weighted by Crippen LogP contribution is -2.32. The monoisotopic (exact) mass is 459 g/mol. The molecule has 1 aliphatic heterocycles. The standard InChI is InChI=1S/C25H25N5O4/c1-3-12-30-15-17(13-22(30)31)23(32)27-14-21-16(2)34-25(29-21)18-8-4-5-9-19(18)28-24(33)20-10-6-7-11-26-20/h3-11,17H,1,12-15H2,2H3,(H,27,32)(H,28,33). The molecule has 1 saturated heterocycles. The first-order valence-electron chi connectivity index (χ1n) is 10.9. The van der Waals surface area contributed by atoms with Crippen molar-refractivity contribution in [3.8, 4) is 11.5 Å². The van der Waals surface area contributed by atoms with Gasteiger partial charge in [-0.15, -0.1) is 6.58 Å². The Kier molecular flexibility index (Phi) is 6.82. The number of carbonyl (C=O) groups is 3. The Balaban J connectivity index is 1.44. The molecule has 0 aliphatic carbocycles. The molecule has 1 atom stereocenters. The smallest absolute Gasteiger partial charge is 0.274 e. The van der Waals surface area contributed by atoms with Gasteiger partial charge in [0.25, 0.3) is 5.91 Å². The molecule has 2 N–H and O–H groups in total. The van der Waals surface area contributed by atoms with Crippen molar-refractivity contribution in [3.63, 3.8) is 0 Å². The zero-order valence-electron chi connectivity index (χ0n) is 18.8. The highest BCUT2D eigenvalue weighted by atomic mass is 16.4. The molecular weight excluding hydrogens is 434 g/mol. The predicted molar refractivity (Wildman–Crippen MR) is 126 cm³/mol. The van der Waals surface area contributed by atoms with E-state index in [2.05, 4.69) is 27.2 Å². The van der Waals surface area contributed by atoms with Gasteiger partial charge in [0.15, 0.2) is 0 Å². The van der Waals surface area contributed by atoms with Crippen LogP contribution in [0.5, 0.6) is 0 Å². The number of benzene rings is 1. The summed E-state index contributed by atoms with van der Waals surface area (Å²) in [5, 5.41) is 5.70. The van der Waals surface area contributed by atoms with Crippen LogP contribution in [-0.2, 0) is 16.1 Å². The minimum Gasteiger partial charge on any atom is -0.441 e. The van der Waals surface area contributed by atoms with Crippen molar-refractivity contribution < 1.29 is 18.8 Å². The van der Waals surface area contributed by atoms with Gasteiger partial charge < -0.3 is 20.0 Å². The topological polar surface area (TPSA) is 117 Å². The van der Waals surface area contributed by atoms with Crippen LogP contribution in [0.1, 0.15) is 28.4 Å². The second kappa shape index (κ2) is 10.1. The maximum atomic E-state index is 12.6. The molecule has 3 amide bonds. The normalized spacial score (nSPS) is 15.3. The highest BCUT2D eigenvalue weighted by Gasteiger charge is 2.33. The van der Waals surface area contributed by atoms with Gasteiger partial charge in [0.2, 0.25) is 17.7 Å². The first kappa shape index (κ1) is 22.9. The third-order valence-electron chi connectivity index (χ3n) is 5.56. The number of pyridine rings is 1. The highest BCUT2D eigenvalue weighted by molar-refractivity contribution is 6.04. The van der Waals surface area contributed by atoms with Crippen LogP contribution in [-0.4, -0.2) is 45.7 Å². The third kappa shape index (κ3) is 5.03. The van der Waals surface area contributed by atoms with Crippen molar-refractivity contribution in [2.75, 3.05) is 18.4 Å². The maximum absolute atomic E-state index is 12.6. The number of anilines is 1. The molecule has 3 heterocycles. The summed E-state index contributed by atoms with van der Waals surface area (Å²) in [7, 11) is 0. The number of aromatic nitrogens is 2. The van der Waals surface area contributed by atoms with E-state index in [-0.39, 0.29) is 30.7 Å². The summed E-state index contributed by atoms with van der Waals surface area (Å²) >= 11 is 0. The predicted octanol–water partition coefficient (Wildman–Crippen LogP) is 2.95. The van der Waals surface area contributed by atoms with E-state index < -0.39 is 5.92 Å². The van der Waals surface area contributed by atoms with E-state index in [1.165, 1.54) is 0 Å². The second-order valence-electron chi connectivity index (χ2n) is 7.94. The molecule has 0 bridgehead atoms. The van der Waals surface area contributed by atoms with Gasteiger partial charge in [-0.3, -0.25) is 19.4 Å². The zero-order chi connectivity index (χ0) is 24.1. The third-order valence-corrected chi connectivity index (χ3v) is 5.56. The molecule has 9 nitrogen and oxygen atoms in total. The van der Waals surface area contributed by atoms with Gasteiger partial charge >= 0.3 is 0 Å². The Labute approximate surface area is 196 Å². The molecule has 0 spiro atoms. The first-order chi connectivity index (χ1) is 16.5. The van der Waals surface area contributed by atoms with Crippen LogP contribution in [0.3, 0.4) is 0 Å². The molecule has 3 aromatic rings. The summed E-state index contributed by atoms with van der Waals surface area (Å²) < 4.78 is 5.85. The number of para-hydroxylation sites is 1. The number of nitrogens with zero attached hydrogens (tertiary/aromatic N) is 3. The van der Waals surface area contributed by atoms with Crippen molar-refractivity contribution in [1.29, 1.82) is 0 Å². The molecule has 4 rings (SSSR count). The van der Waals surface area contributed by atoms with Gasteiger partial charge in [-0.05, 0) is 31.2 Å². The number of nitrogens with one attached hydrogen (secondary N) is 2. The summed E-state index contributed by atoms with van der Waals surface area (Å²) in [6, 6.07) is 12.3. The number of hydrogen-bond acceptors (Lipinski definition) is 6. The molecule has 1 aromatic carbocycles. The van der Waals surface area contributed by atoms with Gasteiger partial charge in [-0.2, -0.15) is 0 Å². The van der Waals surface area contributed by atoms with E-state index in [0.29, 0.717) is 47.4 Å². The van der Waals surface area contributed by atoms with E-state index >= 15 is 0 Å². The zero-order valence-corrected chi connectivity index (χ0v) is 18.8. The van der Waals surface area contributed by atoms with E-state index in [0.717, 1.165) is 0 Å². The SMILES string of the molecule is C=CCN1CC(C(=O)NCc2nc(-c3ccccc3NC(=O)c3ccccn3)oc2C)CC1=O. The Bertz CT molecular complexity index is 1220. The van der Waals surface area contributed by atoms with E-state index in [1.54, 1.807) is 60.5 Å². The van der Waals surface area contributed by atoms with Crippen LogP contribution in [0.15, 0.2) is 65.7 Å². The average Bonchev–Trinajstić information content (AvgIpc) is 3.40. The molecule has 34 heavy (non-hydrogen) atoms. The van der Waals surface area contributed by atoms with Crippen LogP contribution in [0.4, 0.5) is 5.69 Å². The minimum atomic E-state index is -0.401. The number of likely N-dealkylation sites (tertiary alicyclic amines) is 1. The lowest BCUT2D eigenvalue weighted by Gasteiger charge is -2.13. The molecular formula is C25H25N5O4. The van der Waals surface area contributed by atoms with Crippen LogP contribution in [0.2, 0.25) is 0 Å². The molecule has 9 heteroatoms. The fourth-order valence-corrected chi connectivity index (χ4v) is 3.76. The summed E-state index contributed by atoms with van der Waals surface area (Å²) in [6.07, 6.45) is 3.39. The molecule has 0 saturated carbocycles. The second-order valence-corrected chi connectivity index (χ2v) is 7.94. The number of rotatable bonds is 8. The van der Waals surface area contributed by atoms with Crippen molar-refractivity contribution in [3.05, 3.63) is 78.5 Å². The fourth-order valence-electron chi connectivity index (χ4n) is 3.76. The Hall–Kier alpha value is -4.27. The van der Waals surface area contributed by atoms with Gasteiger partial charge in [0.1, 0.15) is 17.1 Å². The number of aryl methyl sites for hydroxylation is 1. The minimum absolute atomic E-state index is 0.0516. The van der Waals surface area contributed by atoms with E-state index in [1.807, 2.05) is 6.07 Å². The Morgan fingerprint density at radius 1 is 1.24 bits per heavy atom. The largest absolute Gasteiger partial charge is 0.441 e. The van der Waals surface area contributed by atoms with E-state index in [9.17, 15) is 14.4 Å². The molecule has 1 unspecified atom stereocenters. The molecule has 174 valence electrons. The lowest BCUT2D eigenvalue weighted by atomic mass is 10.1. The van der Waals surface area contributed by atoms with Crippen molar-refractivity contribution in [2.24, 2.45) is 5.92 Å². The van der Waals surface area contributed by atoms with Crippen LogP contribution < -0.4 is 10.6 Å². The van der Waals surface area contributed by atoms with E-state index in [4.69, 9.17) is 4.42 Å². The van der Waals surface area contributed by atoms with Crippen molar-refractivity contribution in [1.82, 2.24) is 20.2 Å². The van der Waals surface area contributed by atoms with Gasteiger partial charge in [-0.1, -0.05) is 24.3 Å². The van der Waals surface area contributed by atoms with Crippen molar-refractivity contribution in [2.45, 2.75) is 19.9 Å². The van der Waals surface area contributed by atoms with Crippen LogP contribution >= 0.6 is 0 Å². The fraction of sp³-hybridized carbons (Fsp3) is 0.240. The summed E-state index contributed by atoms with van der Waals surface area (Å²) in [5.41, 5.74) is 2.00. The van der Waals surface area contributed by atoms with Gasteiger partial charge in [0, 0.05) is 25.7 Å². The quantitative estimate of drug-likeness (QED) is 0.500. The molecule has 2 aromatic heterocycles. The molecule has 0 radical (unpaired) electrons. The average molecular weight is 460 g/mol. The van der Waals surface area contributed by atoms with Gasteiger partial charge in [-0.25, -0.2) is 4.98 Å². The molecule has 1 fully saturated rings. The number of amides is 3. The summed E-state index contributed by atoms with van der Waals surface area (Å²) in [4.78, 5) is 47.4. The number of carbonyl (C=O) groups excluding carboxylic acids is 3. The first-order valence-corrected chi connectivity index (χ1v) is 10.9. The summed E-state index contributed by atoms with van der Waals surface area (Å²) in [6.45, 7) is 6.38. The number of hydrogen-bond donors (Lipinski definition) is 2. The van der Waals surface area contributed by atoms with Crippen LogP contribution in [0, 0.1) is 12.8 Å². The Morgan fingerprint density at radius 2 is 2.03 bits per heavy atom. The van der Waals surface area contributed by atoms with Crippen molar-refractivity contribution >= 4 is 23.4 Å². The summed E-state index contributed by atoms with van der Waals surface area (Å²) in [5.74, 6) is -0.123.